The lowest BCUT2D eigenvalue weighted by Crippen LogP contribution is -2.24. The number of benzene rings is 2. The quantitative estimate of drug-likeness (QED) is 0.647. The van der Waals surface area contributed by atoms with Gasteiger partial charge in [0.25, 0.3) is 0 Å². The number of hydrogen-bond acceptors (Lipinski definition) is 2. The van der Waals surface area contributed by atoms with Crippen LogP contribution in [0, 0.1) is 0 Å². The molecule has 2 aromatic rings. The molecule has 0 saturated heterocycles. The summed E-state index contributed by atoms with van der Waals surface area (Å²) in [6.45, 7) is 1.92. The summed E-state index contributed by atoms with van der Waals surface area (Å²) in [5, 5.41) is 6.59. The van der Waals surface area contributed by atoms with E-state index in [2.05, 4.69) is 15.8 Å². The molecule has 0 heterocycles. The Morgan fingerprint density at radius 3 is 2.29 bits per heavy atom. The molecule has 0 fully saturated rings. The van der Waals surface area contributed by atoms with Crippen molar-refractivity contribution in [2.75, 3.05) is 5.32 Å². The van der Waals surface area contributed by atoms with E-state index in [9.17, 15) is 4.79 Å². The number of anilines is 1. The minimum Gasteiger partial charge on any atom is -0.307 e. The Bertz CT molecular complexity index is 634. The first-order valence-electron chi connectivity index (χ1n) is 6.62. The van der Waals surface area contributed by atoms with Crippen LogP contribution < -0.4 is 10.7 Å². The fourth-order valence-electron chi connectivity index (χ4n) is 1.72. The number of urea groups is 1. The van der Waals surface area contributed by atoms with Crippen LogP contribution in [0.2, 0.25) is 0 Å². The predicted octanol–water partition coefficient (Wildman–Crippen LogP) is 3.90. The van der Waals surface area contributed by atoms with Gasteiger partial charge in [0.1, 0.15) is 0 Å². The van der Waals surface area contributed by atoms with Gasteiger partial charge >= 0.3 is 6.03 Å². The lowest BCUT2D eigenvalue weighted by molar-refractivity contribution is 0.252. The van der Waals surface area contributed by atoms with Gasteiger partial charge in [-0.1, -0.05) is 54.6 Å². The average Bonchev–Trinajstić information content (AvgIpc) is 2.49. The Morgan fingerprint density at radius 2 is 1.62 bits per heavy atom. The van der Waals surface area contributed by atoms with E-state index in [1.165, 1.54) is 0 Å². The minimum absolute atomic E-state index is 0.370. The molecule has 21 heavy (non-hydrogen) atoms. The topological polar surface area (TPSA) is 53.5 Å². The highest BCUT2D eigenvalue weighted by Gasteiger charge is 1.97. The second-order valence-electron chi connectivity index (χ2n) is 4.49. The van der Waals surface area contributed by atoms with Crippen molar-refractivity contribution in [2.24, 2.45) is 5.10 Å². The molecule has 0 saturated carbocycles. The number of allylic oxidation sites excluding steroid dienone is 1. The third-order valence-electron chi connectivity index (χ3n) is 2.66. The molecule has 0 aliphatic heterocycles. The van der Waals surface area contributed by atoms with Crippen LogP contribution in [0.3, 0.4) is 0 Å². The molecule has 2 N–H and O–H groups in total. The van der Waals surface area contributed by atoms with Crippen LogP contribution in [0.5, 0.6) is 0 Å². The summed E-state index contributed by atoms with van der Waals surface area (Å²) in [5.41, 5.74) is 5.19. The molecule has 0 radical (unpaired) electrons. The van der Waals surface area contributed by atoms with E-state index in [4.69, 9.17) is 0 Å². The number of para-hydroxylation sites is 1. The Balaban J connectivity index is 1.84. The summed E-state index contributed by atoms with van der Waals surface area (Å²) in [4.78, 5) is 11.6. The number of hydrazone groups is 1. The molecule has 0 atom stereocenters. The standard InChI is InChI=1S/C17H17N3O/c1-14(12-15-8-4-2-5-9-15)13-18-20-17(21)19-16-10-6-3-7-11-16/h2-13H,1H3,(H2,19,20,21)/b14-12+,18-13+. The second-order valence-corrected chi connectivity index (χ2v) is 4.49. The van der Waals surface area contributed by atoms with Crippen molar-refractivity contribution in [1.82, 2.24) is 5.43 Å². The number of rotatable bonds is 4. The zero-order valence-electron chi connectivity index (χ0n) is 11.8. The molecule has 0 bridgehead atoms. The zero-order valence-corrected chi connectivity index (χ0v) is 11.8. The van der Waals surface area contributed by atoms with E-state index in [1.54, 1.807) is 6.21 Å². The number of nitrogens with zero attached hydrogens (tertiary/aromatic N) is 1. The molecular weight excluding hydrogens is 262 g/mol. The molecule has 106 valence electrons. The summed E-state index contributed by atoms with van der Waals surface area (Å²) < 4.78 is 0. The van der Waals surface area contributed by atoms with E-state index in [1.807, 2.05) is 73.7 Å². The van der Waals surface area contributed by atoms with Crippen LogP contribution in [0.15, 0.2) is 71.3 Å². The molecule has 4 nitrogen and oxygen atoms in total. The largest absolute Gasteiger partial charge is 0.339 e. The Labute approximate surface area is 124 Å². The predicted molar refractivity (Wildman–Crippen MR) is 87.2 cm³/mol. The SMILES string of the molecule is CC(/C=N/NC(=O)Nc1ccccc1)=C\c1ccccc1. The molecule has 0 unspecified atom stereocenters. The summed E-state index contributed by atoms with van der Waals surface area (Å²) in [5.74, 6) is 0. The number of nitrogens with one attached hydrogen (secondary N) is 2. The average molecular weight is 279 g/mol. The van der Waals surface area contributed by atoms with Crippen molar-refractivity contribution < 1.29 is 4.79 Å². The normalized spacial score (nSPS) is 11.4. The van der Waals surface area contributed by atoms with Gasteiger partial charge in [-0.05, 0) is 30.2 Å². The number of carbonyl (C=O) groups excluding carboxylic acids is 1. The Kier molecular flexibility index (Phi) is 5.29. The van der Waals surface area contributed by atoms with Crippen LogP contribution in [0.1, 0.15) is 12.5 Å². The van der Waals surface area contributed by atoms with Gasteiger partial charge in [0.15, 0.2) is 0 Å². The zero-order chi connectivity index (χ0) is 14.9. The smallest absolute Gasteiger partial charge is 0.307 e. The van der Waals surface area contributed by atoms with Gasteiger partial charge in [0.05, 0.1) is 6.21 Å². The van der Waals surface area contributed by atoms with E-state index in [0.717, 1.165) is 16.8 Å². The van der Waals surface area contributed by atoms with Crippen molar-refractivity contribution in [2.45, 2.75) is 6.92 Å². The van der Waals surface area contributed by atoms with Gasteiger partial charge in [0, 0.05) is 5.69 Å². The van der Waals surface area contributed by atoms with Crippen LogP contribution in [-0.2, 0) is 0 Å². The molecule has 0 spiro atoms. The van der Waals surface area contributed by atoms with Crippen molar-refractivity contribution >= 4 is 24.0 Å². The van der Waals surface area contributed by atoms with Crippen LogP contribution in [0.25, 0.3) is 6.08 Å². The Morgan fingerprint density at radius 1 is 1.00 bits per heavy atom. The third kappa shape index (κ3) is 5.32. The van der Waals surface area contributed by atoms with Crippen molar-refractivity contribution in [3.05, 3.63) is 71.8 Å². The van der Waals surface area contributed by atoms with Crippen LogP contribution >= 0.6 is 0 Å². The van der Waals surface area contributed by atoms with Gasteiger partial charge in [-0.15, -0.1) is 0 Å². The summed E-state index contributed by atoms with van der Waals surface area (Å²) in [7, 11) is 0. The first kappa shape index (κ1) is 14.5. The Hall–Kier alpha value is -2.88. The maximum Gasteiger partial charge on any atom is 0.339 e. The highest BCUT2D eigenvalue weighted by Crippen LogP contribution is 2.05. The maximum atomic E-state index is 11.6. The molecule has 0 aliphatic rings. The first-order valence-corrected chi connectivity index (χ1v) is 6.62. The van der Waals surface area contributed by atoms with E-state index in [0.29, 0.717) is 0 Å². The highest BCUT2D eigenvalue weighted by atomic mass is 16.2. The monoisotopic (exact) mass is 279 g/mol. The molecule has 4 heteroatoms. The number of hydrogen-bond donors (Lipinski definition) is 2. The van der Waals surface area contributed by atoms with Crippen molar-refractivity contribution in [3.63, 3.8) is 0 Å². The minimum atomic E-state index is -0.370. The number of carbonyl (C=O) groups is 1. The molecule has 0 aromatic heterocycles. The highest BCUT2D eigenvalue weighted by molar-refractivity contribution is 5.91. The van der Waals surface area contributed by atoms with Gasteiger partial charge in [0.2, 0.25) is 0 Å². The molecule has 2 aromatic carbocycles. The van der Waals surface area contributed by atoms with Gasteiger partial charge in [-0.2, -0.15) is 5.10 Å². The van der Waals surface area contributed by atoms with Crippen LogP contribution in [0.4, 0.5) is 10.5 Å². The lowest BCUT2D eigenvalue weighted by Gasteiger charge is -2.03. The second kappa shape index (κ2) is 7.65. The molecule has 2 rings (SSSR count). The van der Waals surface area contributed by atoms with E-state index in [-0.39, 0.29) is 6.03 Å². The summed E-state index contributed by atoms with van der Waals surface area (Å²) in [6, 6.07) is 18.8. The third-order valence-corrected chi connectivity index (χ3v) is 2.66. The maximum absolute atomic E-state index is 11.6. The fourth-order valence-corrected chi connectivity index (χ4v) is 1.72. The molecule has 0 aliphatic carbocycles. The lowest BCUT2D eigenvalue weighted by atomic mass is 10.1. The number of amides is 2. The molecule has 2 amide bonds. The van der Waals surface area contributed by atoms with E-state index < -0.39 is 0 Å². The summed E-state index contributed by atoms with van der Waals surface area (Å²) >= 11 is 0. The van der Waals surface area contributed by atoms with Crippen LogP contribution in [-0.4, -0.2) is 12.2 Å². The van der Waals surface area contributed by atoms with E-state index >= 15 is 0 Å². The van der Waals surface area contributed by atoms with Gasteiger partial charge in [-0.3, -0.25) is 0 Å². The van der Waals surface area contributed by atoms with Gasteiger partial charge < -0.3 is 5.32 Å². The fraction of sp³-hybridized carbons (Fsp3) is 0.0588. The van der Waals surface area contributed by atoms with Gasteiger partial charge in [-0.25, -0.2) is 10.2 Å². The van der Waals surface area contributed by atoms with Crippen molar-refractivity contribution in [1.29, 1.82) is 0 Å². The first-order chi connectivity index (χ1) is 10.2. The summed E-state index contributed by atoms with van der Waals surface area (Å²) in [6.07, 6.45) is 3.60. The van der Waals surface area contributed by atoms with Crippen molar-refractivity contribution in [3.8, 4) is 0 Å². The molecular formula is C17H17N3O.